The van der Waals surface area contributed by atoms with Crippen LogP contribution in [-0.2, 0) is 0 Å². The number of hydrogen-bond donors (Lipinski definition) is 3. The van der Waals surface area contributed by atoms with Crippen LogP contribution in [0.15, 0.2) is 0 Å². The Kier molecular flexibility index (Phi) is 11.5. The van der Waals surface area contributed by atoms with Gasteiger partial charge in [0.1, 0.15) is 0 Å². The van der Waals surface area contributed by atoms with E-state index in [0.29, 0.717) is 0 Å². The van der Waals surface area contributed by atoms with Crippen LogP contribution in [0.1, 0.15) is 0 Å². The molecule has 0 amide bonds. The van der Waals surface area contributed by atoms with E-state index < -0.39 is 7.32 Å². The topological polar surface area (TPSA) is 90.7 Å². The SMILES string of the molecule is C[N+](C)(C)C.OB(O)O.[OH-]. The molecule has 0 rings (SSSR count). The van der Waals surface area contributed by atoms with Crippen molar-refractivity contribution in [2.45, 2.75) is 0 Å². The third-order valence-corrected chi connectivity index (χ3v) is 0. The van der Waals surface area contributed by atoms with Crippen LogP contribution in [0.3, 0.4) is 0 Å². The third kappa shape index (κ3) is 20300. The van der Waals surface area contributed by atoms with Crippen LogP contribution in [0.2, 0.25) is 0 Å². The van der Waals surface area contributed by atoms with Crippen molar-refractivity contribution in [1.82, 2.24) is 0 Å². The molecule has 0 radical (unpaired) electrons. The molecule has 0 aliphatic carbocycles. The van der Waals surface area contributed by atoms with Crippen molar-refractivity contribution in [3.05, 3.63) is 0 Å². The lowest BCUT2D eigenvalue weighted by atomic mass is 10.3. The number of nitrogens with zero attached hydrogens (tertiary/aromatic N) is 1. The second kappa shape index (κ2) is 6.98. The lowest BCUT2D eigenvalue weighted by molar-refractivity contribution is -0.849. The van der Waals surface area contributed by atoms with Crippen molar-refractivity contribution < 1.29 is 25.0 Å². The highest BCUT2D eigenvalue weighted by Crippen LogP contribution is 1.73. The highest BCUT2D eigenvalue weighted by molar-refractivity contribution is 6.30. The van der Waals surface area contributed by atoms with Crippen molar-refractivity contribution in [2.24, 2.45) is 0 Å². The lowest BCUT2D eigenvalue weighted by Gasteiger charge is -2.14. The van der Waals surface area contributed by atoms with Gasteiger partial charge >= 0.3 is 7.32 Å². The molecule has 64 valence electrons. The Morgan fingerprint density at radius 1 is 0.900 bits per heavy atom. The Balaban J connectivity index is -0.0000000910. The maximum absolute atomic E-state index is 7.17. The van der Waals surface area contributed by atoms with Crippen LogP contribution >= 0.6 is 0 Å². The number of hydrogen-bond acceptors (Lipinski definition) is 4. The molecule has 10 heavy (non-hydrogen) atoms. The van der Waals surface area contributed by atoms with Crippen LogP contribution in [0.5, 0.6) is 0 Å². The minimum atomic E-state index is -2.17. The minimum Gasteiger partial charge on any atom is -0.870 e. The molecule has 0 spiro atoms. The van der Waals surface area contributed by atoms with Crippen LogP contribution in [-0.4, -0.2) is 60.5 Å². The largest absolute Gasteiger partial charge is 0.870 e. The Bertz CT molecular complexity index is 54.0. The van der Waals surface area contributed by atoms with Gasteiger partial charge in [-0.3, -0.25) is 0 Å². The molecule has 0 atom stereocenters. The summed E-state index contributed by atoms with van der Waals surface area (Å²) >= 11 is 0. The Morgan fingerprint density at radius 3 is 0.900 bits per heavy atom. The molecule has 0 aromatic carbocycles. The van der Waals surface area contributed by atoms with Gasteiger partial charge in [0.05, 0.1) is 28.2 Å². The number of rotatable bonds is 0. The van der Waals surface area contributed by atoms with E-state index in [1.54, 1.807) is 0 Å². The summed E-state index contributed by atoms with van der Waals surface area (Å²) in [7, 11) is 6.33. The van der Waals surface area contributed by atoms with Gasteiger partial charge in [-0.25, -0.2) is 0 Å². The molecule has 0 aliphatic rings. The molecule has 0 fully saturated rings. The van der Waals surface area contributed by atoms with E-state index in [2.05, 4.69) is 28.2 Å². The minimum absolute atomic E-state index is 0. The van der Waals surface area contributed by atoms with Crippen molar-refractivity contribution in [2.75, 3.05) is 28.2 Å². The van der Waals surface area contributed by atoms with Gasteiger partial charge in [0.25, 0.3) is 0 Å². The van der Waals surface area contributed by atoms with Crippen molar-refractivity contribution in [3.8, 4) is 0 Å². The molecule has 0 saturated carbocycles. The van der Waals surface area contributed by atoms with Crippen molar-refractivity contribution in [3.63, 3.8) is 0 Å². The summed E-state index contributed by atoms with van der Waals surface area (Å²) in [5.74, 6) is 0. The fraction of sp³-hybridized carbons (Fsp3) is 1.00. The summed E-state index contributed by atoms with van der Waals surface area (Å²) in [6, 6.07) is 0. The summed E-state index contributed by atoms with van der Waals surface area (Å²) in [6.07, 6.45) is 0. The first-order valence-electron chi connectivity index (χ1n) is 2.56. The molecule has 0 aliphatic heterocycles. The van der Waals surface area contributed by atoms with E-state index in [4.69, 9.17) is 15.1 Å². The monoisotopic (exact) mass is 153 g/mol. The third-order valence-electron chi connectivity index (χ3n) is 0. The average Bonchev–Trinajstić information content (AvgIpc) is 1.19. The summed E-state index contributed by atoms with van der Waals surface area (Å²) in [4.78, 5) is 0. The molecule has 6 heteroatoms. The molecule has 0 heterocycles. The van der Waals surface area contributed by atoms with Crippen LogP contribution in [0.25, 0.3) is 0 Å². The van der Waals surface area contributed by atoms with Crippen LogP contribution in [0, 0.1) is 0 Å². The van der Waals surface area contributed by atoms with Gasteiger partial charge in [-0.15, -0.1) is 0 Å². The fourth-order valence-electron chi connectivity index (χ4n) is 0. The predicted molar refractivity (Wildman–Crippen MR) is 38.3 cm³/mol. The normalized spacial score (nSPS) is 8.70. The Hall–Kier alpha value is -0.135. The van der Waals surface area contributed by atoms with E-state index in [1.807, 2.05) is 0 Å². The Morgan fingerprint density at radius 2 is 0.900 bits per heavy atom. The fourth-order valence-corrected chi connectivity index (χ4v) is 0. The summed E-state index contributed by atoms with van der Waals surface area (Å²) in [6.45, 7) is 0. The van der Waals surface area contributed by atoms with Gasteiger partial charge in [0.15, 0.2) is 0 Å². The van der Waals surface area contributed by atoms with Crippen molar-refractivity contribution in [1.29, 1.82) is 0 Å². The maximum Gasteiger partial charge on any atom is 0.631 e. The molecule has 4 N–H and O–H groups in total. The second-order valence-electron chi connectivity index (χ2n) is 3.03. The maximum atomic E-state index is 7.17. The first-order chi connectivity index (χ1) is 3.73. The van der Waals surface area contributed by atoms with Gasteiger partial charge in [0, 0.05) is 0 Å². The summed E-state index contributed by atoms with van der Waals surface area (Å²) in [5, 5.41) is 21.5. The molecule has 5 nitrogen and oxygen atoms in total. The zero-order valence-electron chi connectivity index (χ0n) is 6.81. The van der Waals surface area contributed by atoms with Gasteiger partial charge in [0.2, 0.25) is 0 Å². The van der Waals surface area contributed by atoms with Gasteiger partial charge < -0.3 is 25.0 Å². The average molecular weight is 153 g/mol. The van der Waals surface area contributed by atoms with E-state index in [-0.39, 0.29) is 5.48 Å². The highest BCUT2D eigenvalue weighted by atomic mass is 16.5. The summed E-state index contributed by atoms with van der Waals surface area (Å²) in [5.41, 5.74) is 0. The summed E-state index contributed by atoms with van der Waals surface area (Å²) < 4.78 is 1.00. The van der Waals surface area contributed by atoms with E-state index in [0.717, 1.165) is 4.48 Å². The van der Waals surface area contributed by atoms with Crippen molar-refractivity contribution >= 4 is 7.32 Å². The van der Waals surface area contributed by atoms with Gasteiger partial charge in [-0.2, -0.15) is 0 Å². The molecule has 0 saturated heterocycles. The first kappa shape index (κ1) is 16.5. The molecule has 0 unspecified atom stereocenters. The molecular formula is C4H16BNO4. The van der Waals surface area contributed by atoms with Crippen LogP contribution in [0.4, 0.5) is 0 Å². The highest BCUT2D eigenvalue weighted by Gasteiger charge is 1.92. The molecule has 0 aromatic heterocycles. The van der Waals surface area contributed by atoms with E-state index in [1.165, 1.54) is 0 Å². The lowest BCUT2D eigenvalue weighted by Crippen LogP contribution is -2.27. The van der Waals surface area contributed by atoms with Gasteiger partial charge in [-0.1, -0.05) is 0 Å². The predicted octanol–water partition coefficient (Wildman–Crippen LogP) is -1.91. The van der Waals surface area contributed by atoms with Crippen LogP contribution < -0.4 is 0 Å². The van der Waals surface area contributed by atoms with E-state index in [9.17, 15) is 0 Å². The Labute approximate surface area is 61.6 Å². The molecule has 0 bridgehead atoms. The molecule has 0 aromatic rings. The first-order valence-corrected chi connectivity index (χ1v) is 2.56. The van der Waals surface area contributed by atoms with E-state index >= 15 is 0 Å². The standard InChI is InChI=1S/C4H12N.BH3O3.H2O/c1-5(2,3)4;2-1(3)4;/h1-4H3;2-4H;1H2/q+1;;/p-1. The van der Waals surface area contributed by atoms with Gasteiger partial charge in [-0.05, 0) is 0 Å². The zero-order valence-corrected chi connectivity index (χ0v) is 6.81. The zero-order chi connectivity index (χ0) is 8.08. The molecular weight excluding hydrogens is 137 g/mol. The second-order valence-corrected chi connectivity index (χ2v) is 3.03. The smallest absolute Gasteiger partial charge is 0.631 e. The number of quaternary nitrogens is 1. The quantitative estimate of drug-likeness (QED) is 0.280.